The number of aliphatic hydroxyl groups is 1. The van der Waals surface area contributed by atoms with Gasteiger partial charge in [0, 0.05) is 12.0 Å². The Hall–Kier alpha value is -1.46. The Labute approximate surface area is 149 Å². The van der Waals surface area contributed by atoms with Crippen LogP contribution in [0.5, 0.6) is 5.75 Å². The van der Waals surface area contributed by atoms with E-state index >= 15 is 0 Å². The van der Waals surface area contributed by atoms with Crippen molar-refractivity contribution in [1.82, 2.24) is 0 Å². The van der Waals surface area contributed by atoms with E-state index in [1.54, 1.807) is 6.07 Å². The smallest absolute Gasteiger partial charge is 0.391 e. The van der Waals surface area contributed by atoms with Gasteiger partial charge in [-0.25, -0.2) is 0 Å². The van der Waals surface area contributed by atoms with E-state index in [1.807, 2.05) is 24.3 Å². The molecule has 0 aromatic heterocycles. The van der Waals surface area contributed by atoms with Crippen molar-refractivity contribution in [3.63, 3.8) is 0 Å². The van der Waals surface area contributed by atoms with Crippen LogP contribution in [0.4, 0.5) is 13.2 Å². The molecule has 3 rings (SSSR count). The summed E-state index contributed by atoms with van der Waals surface area (Å²) in [7, 11) is 0. The molecule has 0 unspecified atom stereocenters. The minimum absolute atomic E-state index is 0.0573. The predicted octanol–water partition coefficient (Wildman–Crippen LogP) is 5.53. The lowest BCUT2D eigenvalue weighted by Gasteiger charge is -2.30. The molecule has 0 radical (unpaired) electrons. The van der Waals surface area contributed by atoms with Gasteiger partial charge >= 0.3 is 6.18 Å². The highest BCUT2D eigenvalue weighted by molar-refractivity contribution is 6.37. The van der Waals surface area contributed by atoms with Crippen molar-refractivity contribution in [2.75, 3.05) is 6.61 Å². The summed E-state index contributed by atoms with van der Waals surface area (Å²) in [5.41, 5.74) is 0.972. The van der Waals surface area contributed by atoms with Crippen LogP contribution in [0.3, 0.4) is 0 Å². The summed E-state index contributed by atoms with van der Waals surface area (Å²) in [4.78, 5) is 0. The lowest BCUT2D eigenvalue weighted by Crippen LogP contribution is -2.31. The molecular formula is C19H20ClF3O2. The fourth-order valence-corrected chi connectivity index (χ4v) is 3.64. The molecule has 2 aromatic carbocycles. The Kier molecular flexibility index (Phi) is 5.44. The quantitative estimate of drug-likeness (QED) is 0.764. The van der Waals surface area contributed by atoms with E-state index in [-0.39, 0.29) is 25.6 Å². The van der Waals surface area contributed by atoms with Crippen molar-refractivity contribution >= 4 is 22.4 Å². The fourth-order valence-electron chi connectivity index (χ4n) is 3.37. The van der Waals surface area contributed by atoms with Crippen LogP contribution < -0.4 is 4.74 Å². The monoisotopic (exact) mass is 372 g/mol. The number of alkyl halides is 3. The first-order chi connectivity index (χ1) is 11.9. The van der Waals surface area contributed by atoms with E-state index < -0.39 is 12.1 Å². The molecule has 136 valence electrons. The molecule has 2 aromatic rings. The van der Waals surface area contributed by atoms with Crippen LogP contribution in [0.2, 0.25) is 5.02 Å². The summed E-state index contributed by atoms with van der Waals surface area (Å²) in [6.45, 7) is 0.0573. The summed E-state index contributed by atoms with van der Waals surface area (Å²) in [6.07, 6.45) is -2.87. The third-order valence-corrected chi connectivity index (χ3v) is 5.21. The SMILES string of the molecule is OCCc1ccc2ccc(OC3CCC(C(F)(F)F)CC3)c(Cl)c2c1. The summed E-state index contributed by atoms with van der Waals surface area (Å²) < 4.78 is 44.2. The minimum Gasteiger partial charge on any atom is -0.489 e. The second-order valence-corrected chi connectivity index (χ2v) is 6.92. The minimum atomic E-state index is -4.12. The molecule has 1 fully saturated rings. The van der Waals surface area contributed by atoms with Crippen molar-refractivity contribution in [2.45, 2.75) is 44.4 Å². The molecule has 0 atom stereocenters. The lowest BCUT2D eigenvalue weighted by molar-refractivity contribution is -0.185. The number of rotatable bonds is 4. The van der Waals surface area contributed by atoms with Crippen molar-refractivity contribution in [1.29, 1.82) is 0 Å². The maximum absolute atomic E-state index is 12.8. The van der Waals surface area contributed by atoms with Gasteiger partial charge in [-0.3, -0.25) is 0 Å². The van der Waals surface area contributed by atoms with E-state index in [1.165, 1.54) is 0 Å². The van der Waals surface area contributed by atoms with Crippen LogP contribution in [0.25, 0.3) is 10.8 Å². The third kappa shape index (κ3) is 4.21. The molecule has 0 heterocycles. The van der Waals surface area contributed by atoms with Crippen molar-refractivity contribution < 1.29 is 23.0 Å². The van der Waals surface area contributed by atoms with Crippen molar-refractivity contribution in [3.8, 4) is 5.75 Å². The number of halogens is 4. The zero-order chi connectivity index (χ0) is 18.0. The van der Waals surface area contributed by atoms with Gasteiger partial charge in [-0.1, -0.05) is 29.8 Å². The van der Waals surface area contributed by atoms with E-state index in [9.17, 15) is 13.2 Å². The van der Waals surface area contributed by atoms with Gasteiger partial charge in [-0.05, 0) is 55.2 Å². The molecule has 6 heteroatoms. The van der Waals surface area contributed by atoms with Gasteiger partial charge in [-0.2, -0.15) is 13.2 Å². The first-order valence-corrected chi connectivity index (χ1v) is 8.81. The summed E-state index contributed by atoms with van der Waals surface area (Å²) in [5.74, 6) is -0.716. The molecule has 0 amide bonds. The normalized spacial score (nSPS) is 21.5. The average Bonchev–Trinajstić information content (AvgIpc) is 2.58. The number of benzene rings is 2. The van der Waals surface area contributed by atoms with Gasteiger partial charge in [0.1, 0.15) is 5.75 Å². The Balaban J connectivity index is 1.75. The molecule has 1 aliphatic rings. The molecular weight excluding hydrogens is 353 g/mol. The van der Waals surface area contributed by atoms with E-state index in [4.69, 9.17) is 21.4 Å². The van der Waals surface area contributed by atoms with Crippen LogP contribution in [0.1, 0.15) is 31.2 Å². The van der Waals surface area contributed by atoms with Gasteiger partial charge in [0.05, 0.1) is 17.0 Å². The van der Waals surface area contributed by atoms with Crippen LogP contribution in [-0.2, 0) is 6.42 Å². The molecule has 0 saturated heterocycles. The van der Waals surface area contributed by atoms with Gasteiger partial charge < -0.3 is 9.84 Å². The number of fused-ring (bicyclic) bond motifs is 1. The van der Waals surface area contributed by atoms with Crippen molar-refractivity contribution in [3.05, 3.63) is 40.9 Å². The largest absolute Gasteiger partial charge is 0.489 e. The maximum atomic E-state index is 12.8. The zero-order valence-corrected chi connectivity index (χ0v) is 14.4. The standard InChI is InChI=1S/C19H20ClF3O2/c20-18-16-11-12(9-10-24)1-2-13(16)3-8-17(18)25-15-6-4-14(5-7-15)19(21,22)23/h1-3,8,11,14-15,24H,4-7,9-10H2. The second-order valence-electron chi connectivity index (χ2n) is 6.54. The lowest BCUT2D eigenvalue weighted by atomic mass is 9.87. The number of hydrogen-bond acceptors (Lipinski definition) is 2. The van der Waals surface area contributed by atoms with E-state index in [0.29, 0.717) is 30.0 Å². The molecule has 0 spiro atoms. The second kappa shape index (κ2) is 7.42. The van der Waals surface area contributed by atoms with Crippen LogP contribution in [0, 0.1) is 5.92 Å². The number of hydrogen-bond donors (Lipinski definition) is 1. The molecule has 0 bridgehead atoms. The molecule has 0 aliphatic heterocycles. The first-order valence-electron chi connectivity index (χ1n) is 8.44. The van der Waals surface area contributed by atoms with E-state index in [2.05, 4.69) is 0 Å². The fraction of sp³-hybridized carbons (Fsp3) is 0.474. The van der Waals surface area contributed by atoms with Crippen LogP contribution >= 0.6 is 11.6 Å². The third-order valence-electron chi connectivity index (χ3n) is 4.82. The highest BCUT2D eigenvalue weighted by Gasteiger charge is 2.41. The molecule has 1 aliphatic carbocycles. The topological polar surface area (TPSA) is 29.5 Å². The van der Waals surface area contributed by atoms with Crippen LogP contribution in [0.15, 0.2) is 30.3 Å². The summed E-state index contributed by atoms with van der Waals surface area (Å²) in [5, 5.41) is 11.3. The van der Waals surface area contributed by atoms with Crippen molar-refractivity contribution in [2.24, 2.45) is 5.92 Å². The highest BCUT2D eigenvalue weighted by Crippen LogP contribution is 2.40. The number of ether oxygens (including phenoxy) is 1. The Morgan fingerprint density at radius 3 is 2.40 bits per heavy atom. The predicted molar refractivity (Wildman–Crippen MR) is 92.2 cm³/mol. The zero-order valence-electron chi connectivity index (χ0n) is 13.7. The average molecular weight is 373 g/mol. The first kappa shape index (κ1) is 18.3. The van der Waals surface area contributed by atoms with Gasteiger partial charge in [-0.15, -0.1) is 0 Å². The maximum Gasteiger partial charge on any atom is 0.391 e. The van der Waals surface area contributed by atoms with Gasteiger partial charge in [0.15, 0.2) is 0 Å². The highest BCUT2D eigenvalue weighted by atomic mass is 35.5. The molecule has 1 saturated carbocycles. The van der Waals surface area contributed by atoms with Gasteiger partial charge in [0.2, 0.25) is 0 Å². The van der Waals surface area contributed by atoms with Crippen LogP contribution in [-0.4, -0.2) is 24.0 Å². The molecule has 25 heavy (non-hydrogen) atoms. The molecule has 1 N–H and O–H groups in total. The van der Waals surface area contributed by atoms with Gasteiger partial charge in [0.25, 0.3) is 0 Å². The Bertz CT molecular complexity index is 737. The van der Waals surface area contributed by atoms with E-state index in [0.717, 1.165) is 16.3 Å². The summed E-state index contributed by atoms with van der Waals surface area (Å²) in [6, 6.07) is 9.45. The molecule has 2 nitrogen and oxygen atoms in total. The summed E-state index contributed by atoms with van der Waals surface area (Å²) >= 11 is 6.47. The Morgan fingerprint density at radius 1 is 1.08 bits per heavy atom. The number of aliphatic hydroxyl groups excluding tert-OH is 1. The Morgan fingerprint density at radius 2 is 1.76 bits per heavy atom.